The lowest BCUT2D eigenvalue weighted by Gasteiger charge is -2.21. The van der Waals surface area contributed by atoms with Crippen LogP contribution in [0.4, 0.5) is 4.79 Å². The monoisotopic (exact) mass is 430 g/mol. The minimum atomic E-state index is -1.30. The van der Waals surface area contributed by atoms with Gasteiger partial charge in [-0.25, -0.2) is 9.59 Å². The number of hydrogen-bond donors (Lipinski definition) is 3. The van der Waals surface area contributed by atoms with Gasteiger partial charge < -0.3 is 30.0 Å². The first-order chi connectivity index (χ1) is 15.0. The predicted octanol–water partition coefficient (Wildman–Crippen LogP) is 1.18. The summed E-state index contributed by atoms with van der Waals surface area (Å²) in [6.07, 6.45) is -0.721. The Bertz CT molecular complexity index is 856. The van der Waals surface area contributed by atoms with Crippen LogP contribution in [-0.2, 0) is 32.1 Å². The summed E-state index contributed by atoms with van der Waals surface area (Å²) in [4.78, 5) is 36.7. The van der Waals surface area contributed by atoms with Gasteiger partial charge in [0.2, 0.25) is 5.91 Å². The SMILES string of the molecule is COC(=O)[C@@H](Cc1ccc(OC)cc1)NC(=O)[C@H](CO)NC(=O)OCc1ccccc1. The number of carbonyl (C=O) groups excluding carboxylic acids is 3. The molecule has 9 heteroatoms. The van der Waals surface area contributed by atoms with Crippen molar-refractivity contribution in [2.45, 2.75) is 25.1 Å². The molecule has 31 heavy (non-hydrogen) atoms. The molecule has 0 saturated carbocycles. The summed E-state index contributed by atoms with van der Waals surface area (Å²) in [7, 11) is 2.75. The minimum Gasteiger partial charge on any atom is -0.497 e. The van der Waals surface area contributed by atoms with Crippen molar-refractivity contribution in [1.82, 2.24) is 10.6 Å². The molecule has 0 aliphatic rings. The van der Waals surface area contributed by atoms with Gasteiger partial charge in [-0.15, -0.1) is 0 Å². The van der Waals surface area contributed by atoms with E-state index in [1.165, 1.54) is 7.11 Å². The predicted molar refractivity (Wildman–Crippen MR) is 111 cm³/mol. The van der Waals surface area contributed by atoms with Crippen LogP contribution in [0.5, 0.6) is 5.75 Å². The number of hydrogen-bond acceptors (Lipinski definition) is 7. The van der Waals surface area contributed by atoms with E-state index in [1.807, 2.05) is 6.07 Å². The molecule has 0 bridgehead atoms. The summed E-state index contributed by atoms with van der Waals surface area (Å²) in [5.74, 6) is -0.753. The number of aliphatic hydroxyl groups excluding tert-OH is 1. The molecule has 0 fully saturated rings. The van der Waals surface area contributed by atoms with Crippen LogP contribution < -0.4 is 15.4 Å². The van der Waals surface area contributed by atoms with Crippen LogP contribution >= 0.6 is 0 Å². The Morgan fingerprint density at radius 1 is 0.903 bits per heavy atom. The third kappa shape index (κ3) is 7.63. The van der Waals surface area contributed by atoms with Crippen molar-refractivity contribution in [3.8, 4) is 5.75 Å². The van der Waals surface area contributed by atoms with Crippen LogP contribution in [0.15, 0.2) is 54.6 Å². The van der Waals surface area contributed by atoms with Gasteiger partial charge in [-0.05, 0) is 23.3 Å². The Morgan fingerprint density at radius 3 is 2.16 bits per heavy atom. The third-order valence-electron chi connectivity index (χ3n) is 4.40. The molecular weight excluding hydrogens is 404 g/mol. The fourth-order valence-corrected chi connectivity index (χ4v) is 2.71. The van der Waals surface area contributed by atoms with Gasteiger partial charge >= 0.3 is 12.1 Å². The minimum absolute atomic E-state index is 0.00863. The number of aliphatic hydroxyl groups is 1. The number of esters is 1. The lowest BCUT2D eigenvalue weighted by molar-refractivity contribution is -0.145. The van der Waals surface area contributed by atoms with Crippen LogP contribution in [0, 0.1) is 0 Å². The van der Waals surface area contributed by atoms with E-state index in [1.54, 1.807) is 55.6 Å². The topological polar surface area (TPSA) is 123 Å². The maximum absolute atomic E-state index is 12.5. The summed E-state index contributed by atoms with van der Waals surface area (Å²) in [5, 5.41) is 14.3. The van der Waals surface area contributed by atoms with Gasteiger partial charge in [-0.1, -0.05) is 42.5 Å². The standard InChI is InChI=1S/C22H26N2O7/c1-29-17-10-8-15(9-11-17)12-18(21(27)30-2)23-20(26)19(13-25)24-22(28)31-14-16-6-4-3-5-7-16/h3-11,18-19,25H,12-14H2,1-2H3,(H,23,26)(H,24,28)/t18-,19+/m1/s1. The Balaban J connectivity index is 1.95. The number of rotatable bonds is 10. The number of carbonyl (C=O) groups is 3. The highest BCUT2D eigenvalue weighted by Crippen LogP contribution is 2.13. The summed E-state index contributed by atoms with van der Waals surface area (Å²) >= 11 is 0. The van der Waals surface area contributed by atoms with Gasteiger partial charge in [0.25, 0.3) is 0 Å². The van der Waals surface area contributed by atoms with E-state index in [4.69, 9.17) is 14.2 Å². The molecular formula is C22H26N2O7. The first-order valence-corrected chi connectivity index (χ1v) is 9.56. The molecule has 0 spiro atoms. The molecule has 0 unspecified atom stereocenters. The lowest BCUT2D eigenvalue weighted by atomic mass is 10.1. The average Bonchev–Trinajstić information content (AvgIpc) is 2.81. The van der Waals surface area contributed by atoms with Gasteiger partial charge in [-0.3, -0.25) is 4.79 Å². The molecule has 0 aliphatic heterocycles. The molecule has 3 N–H and O–H groups in total. The Morgan fingerprint density at radius 2 is 1.58 bits per heavy atom. The van der Waals surface area contributed by atoms with Crippen molar-refractivity contribution in [2.75, 3.05) is 20.8 Å². The number of methoxy groups -OCH3 is 2. The molecule has 0 aromatic heterocycles. The van der Waals surface area contributed by atoms with E-state index in [0.717, 1.165) is 11.1 Å². The van der Waals surface area contributed by atoms with E-state index >= 15 is 0 Å². The molecule has 0 radical (unpaired) electrons. The van der Waals surface area contributed by atoms with Crippen LogP contribution in [0.2, 0.25) is 0 Å². The zero-order chi connectivity index (χ0) is 22.6. The normalized spacial score (nSPS) is 12.2. The zero-order valence-corrected chi connectivity index (χ0v) is 17.4. The fourth-order valence-electron chi connectivity index (χ4n) is 2.71. The van der Waals surface area contributed by atoms with E-state index in [-0.39, 0.29) is 13.0 Å². The quantitative estimate of drug-likeness (QED) is 0.484. The second-order valence-corrected chi connectivity index (χ2v) is 6.58. The van der Waals surface area contributed by atoms with Crippen molar-refractivity contribution in [3.63, 3.8) is 0 Å². The lowest BCUT2D eigenvalue weighted by Crippen LogP contribution is -2.54. The first-order valence-electron chi connectivity index (χ1n) is 9.56. The smallest absolute Gasteiger partial charge is 0.408 e. The van der Waals surface area contributed by atoms with Gasteiger partial charge in [0.05, 0.1) is 20.8 Å². The molecule has 0 aliphatic carbocycles. The molecule has 9 nitrogen and oxygen atoms in total. The summed E-state index contributed by atoms with van der Waals surface area (Å²) in [6, 6.07) is 13.7. The highest BCUT2D eigenvalue weighted by Gasteiger charge is 2.27. The van der Waals surface area contributed by atoms with E-state index in [9.17, 15) is 19.5 Å². The molecule has 0 saturated heterocycles. The van der Waals surface area contributed by atoms with Crippen molar-refractivity contribution in [1.29, 1.82) is 0 Å². The number of benzene rings is 2. The van der Waals surface area contributed by atoms with Crippen molar-refractivity contribution < 1.29 is 33.7 Å². The Labute approximate surface area is 180 Å². The van der Waals surface area contributed by atoms with Crippen LogP contribution in [0.1, 0.15) is 11.1 Å². The van der Waals surface area contributed by atoms with Gasteiger partial charge in [0.1, 0.15) is 24.4 Å². The van der Waals surface area contributed by atoms with E-state index in [2.05, 4.69) is 10.6 Å². The number of alkyl carbamates (subject to hydrolysis) is 1. The Kier molecular flexibility index (Phi) is 9.31. The highest BCUT2D eigenvalue weighted by atomic mass is 16.5. The highest BCUT2D eigenvalue weighted by molar-refractivity contribution is 5.89. The van der Waals surface area contributed by atoms with Crippen LogP contribution in [0.3, 0.4) is 0 Å². The maximum Gasteiger partial charge on any atom is 0.408 e. The van der Waals surface area contributed by atoms with Gasteiger partial charge in [0, 0.05) is 6.42 Å². The molecule has 2 rings (SSSR count). The van der Waals surface area contributed by atoms with Crippen LogP contribution in [-0.4, -0.2) is 56.0 Å². The zero-order valence-electron chi connectivity index (χ0n) is 17.4. The van der Waals surface area contributed by atoms with Gasteiger partial charge in [0.15, 0.2) is 0 Å². The average molecular weight is 430 g/mol. The number of amides is 2. The number of ether oxygens (including phenoxy) is 3. The molecule has 2 amide bonds. The Hall–Kier alpha value is -3.59. The largest absolute Gasteiger partial charge is 0.497 e. The summed E-state index contributed by atoms with van der Waals surface area (Å²) < 4.78 is 14.9. The fraction of sp³-hybridized carbons (Fsp3) is 0.318. The molecule has 166 valence electrons. The maximum atomic E-state index is 12.5. The summed E-state index contributed by atoms with van der Waals surface area (Å²) in [6.45, 7) is -0.669. The third-order valence-corrected chi connectivity index (χ3v) is 4.40. The summed E-state index contributed by atoms with van der Waals surface area (Å²) in [5.41, 5.74) is 1.53. The van der Waals surface area contributed by atoms with Crippen molar-refractivity contribution >= 4 is 18.0 Å². The molecule has 2 aromatic carbocycles. The number of nitrogens with one attached hydrogen (secondary N) is 2. The molecule has 0 heterocycles. The first kappa shape index (κ1) is 23.7. The molecule has 2 atom stereocenters. The van der Waals surface area contributed by atoms with Crippen LogP contribution in [0.25, 0.3) is 0 Å². The molecule has 2 aromatic rings. The van der Waals surface area contributed by atoms with Crippen molar-refractivity contribution in [3.05, 3.63) is 65.7 Å². The van der Waals surface area contributed by atoms with E-state index < -0.39 is 36.7 Å². The second kappa shape index (κ2) is 12.2. The van der Waals surface area contributed by atoms with E-state index in [0.29, 0.717) is 5.75 Å². The second-order valence-electron chi connectivity index (χ2n) is 6.58. The van der Waals surface area contributed by atoms with Gasteiger partial charge in [-0.2, -0.15) is 0 Å². The van der Waals surface area contributed by atoms with Crippen molar-refractivity contribution in [2.24, 2.45) is 0 Å².